The topological polar surface area (TPSA) is 45.6 Å². The molecule has 0 amide bonds. The Kier molecular flexibility index (Phi) is 4.96. The molecular weight excluding hydrogens is 304 g/mol. The van der Waals surface area contributed by atoms with E-state index in [9.17, 15) is 5.11 Å². The van der Waals surface area contributed by atoms with E-state index in [2.05, 4.69) is 38.8 Å². The summed E-state index contributed by atoms with van der Waals surface area (Å²) >= 11 is 0. The highest BCUT2D eigenvalue weighted by Gasteiger charge is 2.38. The molecule has 1 saturated heterocycles. The number of hydrogen-bond donors (Lipinski definition) is 1. The van der Waals surface area contributed by atoms with Crippen LogP contribution in [0, 0.1) is 5.92 Å². The fraction of sp³-hybridized carbons (Fsp3) is 0.722. The number of pyridine rings is 1. The van der Waals surface area contributed by atoms with E-state index in [0.29, 0.717) is 12.5 Å². The third kappa shape index (κ3) is 4.34. The second-order valence-electron chi connectivity index (χ2n) is 8.79. The molecule has 0 radical (unpaired) electrons. The van der Waals surface area contributed by atoms with Gasteiger partial charge in [-0.25, -0.2) is 4.98 Å². The molecule has 1 N–H and O–H groups in total. The Bertz CT molecular complexity index is 541. The van der Waals surface area contributed by atoms with Crippen LogP contribution in [0.25, 0.3) is 0 Å². The molecule has 1 aromatic rings. The fourth-order valence-electron chi connectivity index (χ4n) is 2.31. The lowest BCUT2D eigenvalue weighted by molar-refractivity contribution is 0.00437. The van der Waals surface area contributed by atoms with Gasteiger partial charge in [0.15, 0.2) is 8.32 Å². The quantitative estimate of drug-likeness (QED) is 0.831. The van der Waals surface area contributed by atoms with E-state index in [1.54, 1.807) is 0 Å². The lowest BCUT2D eigenvalue weighted by atomic mass is 9.84. The van der Waals surface area contributed by atoms with Crippen LogP contribution >= 0.6 is 0 Å². The molecule has 0 unspecified atom stereocenters. The lowest BCUT2D eigenvalue weighted by Gasteiger charge is -2.46. The number of aliphatic hydroxyl groups is 1. The van der Waals surface area contributed by atoms with Crippen molar-refractivity contribution >= 4 is 14.1 Å². The van der Waals surface area contributed by atoms with Gasteiger partial charge in [0.1, 0.15) is 5.82 Å². The summed E-state index contributed by atoms with van der Waals surface area (Å²) in [5.74, 6) is 1.30. The first-order valence-corrected chi connectivity index (χ1v) is 11.4. The predicted molar refractivity (Wildman–Crippen MR) is 98.2 cm³/mol. The average molecular weight is 337 g/mol. The van der Waals surface area contributed by atoms with Crippen LogP contribution in [0.3, 0.4) is 0 Å². The summed E-state index contributed by atoms with van der Waals surface area (Å²) in [4.78, 5) is 6.96. The van der Waals surface area contributed by atoms with Crippen LogP contribution in [0.15, 0.2) is 18.2 Å². The zero-order valence-corrected chi connectivity index (χ0v) is 16.7. The zero-order chi connectivity index (χ0) is 17.5. The summed E-state index contributed by atoms with van der Waals surface area (Å²) in [5, 5.41) is 10.3. The first-order valence-electron chi connectivity index (χ1n) is 8.47. The van der Waals surface area contributed by atoms with E-state index in [1.807, 2.05) is 32.0 Å². The SMILES string of the molecule is CC(C)(O)C1CN(c2cccc(CO[Si](C)(C)C(C)(C)C)n2)C1. The maximum Gasteiger partial charge on any atom is 0.192 e. The molecule has 1 aliphatic heterocycles. The molecule has 5 heteroatoms. The first kappa shape index (κ1) is 18.4. The van der Waals surface area contributed by atoms with E-state index in [4.69, 9.17) is 9.41 Å². The molecular formula is C18H32N2O2Si. The minimum absolute atomic E-state index is 0.210. The van der Waals surface area contributed by atoms with E-state index >= 15 is 0 Å². The van der Waals surface area contributed by atoms with Gasteiger partial charge in [0.25, 0.3) is 0 Å². The highest BCUT2D eigenvalue weighted by molar-refractivity contribution is 6.74. The van der Waals surface area contributed by atoms with Gasteiger partial charge in [-0.1, -0.05) is 26.8 Å². The zero-order valence-electron chi connectivity index (χ0n) is 15.7. The predicted octanol–water partition coefficient (Wildman–Crippen LogP) is 3.81. The van der Waals surface area contributed by atoms with Gasteiger partial charge >= 0.3 is 0 Å². The summed E-state index contributed by atoms with van der Waals surface area (Å²) < 4.78 is 6.26. The molecule has 4 nitrogen and oxygen atoms in total. The molecule has 2 heterocycles. The molecule has 0 bridgehead atoms. The normalized spacial score (nSPS) is 17.3. The molecule has 1 fully saturated rings. The van der Waals surface area contributed by atoms with Crippen LogP contribution in [0.1, 0.15) is 40.3 Å². The Morgan fingerprint density at radius 3 is 2.35 bits per heavy atom. The van der Waals surface area contributed by atoms with Crippen molar-refractivity contribution in [3.05, 3.63) is 23.9 Å². The van der Waals surface area contributed by atoms with Crippen LogP contribution in [-0.2, 0) is 11.0 Å². The van der Waals surface area contributed by atoms with Gasteiger partial charge in [0.05, 0.1) is 17.9 Å². The van der Waals surface area contributed by atoms with Gasteiger partial charge in [-0.3, -0.25) is 0 Å². The van der Waals surface area contributed by atoms with Crippen LogP contribution < -0.4 is 4.90 Å². The van der Waals surface area contributed by atoms with Crippen LogP contribution in [0.5, 0.6) is 0 Å². The number of hydrogen-bond acceptors (Lipinski definition) is 4. The number of aromatic nitrogens is 1. The van der Waals surface area contributed by atoms with Crippen molar-refractivity contribution in [2.75, 3.05) is 18.0 Å². The summed E-state index contributed by atoms with van der Waals surface area (Å²) in [6.07, 6.45) is 0. The van der Waals surface area contributed by atoms with Crippen molar-refractivity contribution in [2.24, 2.45) is 5.92 Å². The number of rotatable bonds is 5. The summed E-state index contributed by atoms with van der Waals surface area (Å²) in [7, 11) is -1.75. The maximum absolute atomic E-state index is 10.0. The Morgan fingerprint density at radius 1 is 1.22 bits per heavy atom. The Balaban J connectivity index is 1.97. The first-order chi connectivity index (χ1) is 10.4. The van der Waals surface area contributed by atoms with E-state index in [-0.39, 0.29) is 5.04 Å². The molecule has 0 atom stereocenters. The minimum Gasteiger partial charge on any atom is -0.411 e. The molecule has 0 spiro atoms. The van der Waals surface area contributed by atoms with Crippen LogP contribution in [0.2, 0.25) is 18.1 Å². The smallest absolute Gasteiger partial charge is 0.192 e. The third-order valence-electron chi connectivity index (χ3n) is 5.38. The van der Waals surface area contributed by atoms with Gasteiger partial charge < -0.3 is 14.4 Å². The monoisotopic (exact) mass is 336 g/mol. The largest absolute Gasteiger partial charge is 0.411 e. The standard InChI is InChI=1S/C18H32N2O2Si/c1-17(2,3)23(6,7)22-13-15-9-8-10-16(19-15)20-11-14(12-20)18(4,5)21/h8-10,14,21H,11-13H2,1-7H3. The molecule has 2 rings (SSSR count). The molecule has 0 saturated carbocycles. The van der Waals surface area contributed by atoms with Crippen molar-refractivity contribution in [1.29, 1.82) is 0 Å². The Morgan fingerprint density at radius 2 is 1.83 bits per heavy atom. The van der Waals surface area contributed by atoms with Gasteiger partial charge in [-0.05, 0) is 44.1 Å². The third-order valence-corrected chi connectivity index (χ3v) is 9.86. The van der Waals surface area contributed by atoms with Gasteiger partial charge in [0, 0.05) is 19.0 Å². The molecule has 0 aromatic carbocycles. The second-order valence-corrected chi connectivity index (χ2v) is 13.6. The van der Waals surface area contributed by atoms with E-state index < -0.39 is 13.9 Å². The number of anilines is 1. The van der Waals surface area contributed by atoms with Crippen LogP contribution in [0.4, 0.5) is 5.82 Å². The van der Waals surface area contributed by atoms with Crippen molar-refractivity contribution < 1.29 is 9.53 Å². The van der Waals surface area contributed by atoms with Crippen molar-refractivity contribution in [2.45, 2.75) is 65.0 Å². The Labute approximate surface area is 142 Å². The summed E-state index contributed by atoms with van der Waals surface area (Å²) in [6.45, 7) is 17.3. The van der Waals surface area contributed by atoms with E-state index in [0.717, 1.165) is 24.6 Å². The average Bonchev–Trinajstić information content (AvgIpc) is 2.32. The number of nitrogens with zero attached hydrogens (tertiary/aromatic N) is 2. The van der Waals surface area contributed by atoms with Crippen LogP contribution in [-0.4, -0.2) is 37.1 Å². The minimum atomic E-state index is -1.75. The van der Waals surface area contributed by atoms with Gasteiger partial charge in [0.2, 0.25) is 0 Å². The van der Waals surface area contributed by atoms with Crippen molar-refractivity contribution in [1.82, 2.24) is 4.98 Å². The van der Waals surface area contributed by atoms with Crippen molar-refractivity contribution in [3.8, 4) is 0 Å². The van der Waals surface area contributed by atoms with Gasteiger partial charge in [-0.2, -0.15) is 0 Å². The molecule has 130 valence electrons. The highest BCUT2D eigenvalue weighted by atomic mass is 28.4. The summed E-state index contributed by atoms with van der Waals surface area (Å²) in [5.41, 5.74) is 0.374. The molecule has 1 aromatic heterocycles. The maximum atomic E-state index is 10.0. The molecule has 0 aliphatic carbocycles. The second kappa shape index (κ2) is 6.19. The highest BCUT2D eigenvalue weighted by Crippen LogP contribution is 2.37. The van der Waals surface area contributed by atoms with E-state index in [1.165, 1.54) is 0 Å². The Hall–Kier alpha value is -0.913. The lowest BCUT2D eigenvalue weighted by Crippen LogP contribution is -2.56. The van der Waals surface area contributed by atoms with Crippen molar-refractivity contribution in [3.63, 3.8) is 0 Å². The summed E-state index contributed by atoms with van der Waals surface area (Å²) in [6, 6.07) is 6.12. The fourth-order valence-corrected chi connectivity index (χ4v) is 3.25. The molecule has 1 aliphatic rings. The van der Waals surface area contributed by atoms with Gasteiger partial charge in [-0.15, -0.1) is 0 Å². The molecule has 23 heavy (non-hydrogen) atoms.